The standard InChI is InChI=1S/C21H14ClN3O4S2/c1-29-21(28)12-7-6-11(24-19(27)20-23-8-9-30-20)10-14(12)25-18(26)17-16(22)13-4-2-3-5-15(13)31-17/h2-10H,1H3,(H,24,27)(H,25,26). The zero-order chi connectivity index (χ0) is 22.0. The van der Waals surface area contributed by atoms with Crippen molar-refractivity contribution in [2.75, 3.05) is 17.7 Å². The molecule has 2 amide bonds. The molecule has 2 aromatic heterocycles. The highest BCUT2D eigenvalue weighted by atomic mass is 35.5. The number of halogens is 1. The third-order valence-electron chi connectivity index (χ3n) is 4.30. The molecule has 0 aliphatic carbocycles. The fourth-order valence-electron chi connectivity index (χ4n) is 2.87. The molecule has 0 saturated heterocycles. The van der Waals surface area contributed by atoms with Gasteiger partial charge in [-0.2, -0.15) is 0 Å². The quantitative estimate of drug-likeness (QED) is 0.385. The molecule has 7 nitrogen and oxygen atoms in total. The average molecular weight is 472 g/mol. The van der Waals surface area contributed by atoms with Gasteiger partial charge in [-0.15, -0.1) is 22.7 Å². The van der Waals surface area contributed by atoms with E-state index in [-0.39, 0.29) is 11.3 Å². The summed E-state index contributed by atoms with van der Waals surface area (Å²) in [5, 5.41) is 8.51. The van der Waals surface area contributed by atoms with E-state index in [1.165, 1.54) is 48.1 Å². The molecule has 2 aromatic carbocycles. The summed E-state index contributed by atoms with van der Waals surface area (Å²) in [6, 6.07) is 11.9. The first-order valence-corrected chi connectivity index (χ1v) is 11.0. The Bertz CT molecular complexity index is 1300. The summed E-state index contributed by atoms with van der Waals surface area (Å²) in [4.78, 5) is 41.7. The molecule has 4 rings (SSSR count). The number of esters is 1. The number of fused-ring (bicyclic) bond motifs is 1. The van der Waals surface area contributed by atoms with E-state index in [4.69, 9.17) is 16.3 Å². The van der Waals surface area contributed by atoms with Crippen LogP contribution in [0.1, 0.15) is 29.8 Å². The number of ether oxygens (including phenoxy) is 1. The first kappa shape index (κ1) is 21.0. The first-order valence-electron chi connectivity index (χ1n) is 8.89. The number of carbonyl (C=O) groups is 3. The second kappa shape index (κ2) is 8.84. The van der Waals surface area contributed by atoms with Gasteiger partial charge in [0.25, 0.3) is 11.8 Å². The minimum Gasteiger partial charge on any atom is -0.465 e. The zero-order valence-corrected chi connectivity index (χ0v) is 18.4. The third kappa shape index (κ3) is 4.29. The summed E-state index contributed by atoms with van der Waals surface area (Å²) >= 11 is 8.85. The predicted octanol–water partition coefficient (Wildman–Crippen LogP) is 5.30. The van der Waals surface area contributed by atoms with Gasteiger partial charge in [0.05, 0.1) is 23.4 Å². The molecule has 0 bridgehead atoms. The SMILES string of the molecule is COC(=O)c1ccc(NC(=O)c2nccs2)cc1NC(=O)c1sc2ccccc2c1Cl. The van der Waals surface area contributed by atoms with Crippen molar-refractivity contribution in [1.82, 2.24) is 4.98 Å². The summed E-state index contributed by atoms with van der Waals surface area (Å²) in [6.07, 6.45) is 1.53. The van der Waals surface area contributed by atoms with E-state index in [0.29, 0.717) is 20.6 Å². The van der Waals surface area contributed by atoms with Crippen LogP contribution in [0.15, 0.2) is 54.0 Å². The fourth-order valence-corrected chi connectivity index (χ4v) is 4.82. The second-order valence-electron chi connectivity index (χ2n) is 6.24. The van der Waals surface area contributed by atoms with Crippen LogP contribution in [0.3, 0.4) is 0 Å². The van der Waals surface area contributed by atoms with Crippen LogP contribution >= 0.6 is 34.3 Å². The number of benzene rings is 2. The Morgan fingerprint density at radius 1 is 1.06 bits per heavy atom. The number of thiazole rings is 1. The lowest BCUT2D eigenvalue weighted by Crippen LogP contribution is -2.16. The molecule has 2 N–H and O–H groups in total. The summed E-state index contributed by atoms with van der Waals surface area (Å²) < 4.78 is 5.68. The maximum Gasteiger partial charge on any atom is 0.339 e. The number of aromatic nitrogens is 1. The highest BCUT2D eigenvalue weighted by Crippen LogP contribution is 2.36. The van der Waals surface area contributed by atoms with Gasteiger partial charge in [0.2, 0.25) is 0 Å². The van der Waals surface area contributed by atoms with Gasteiger partial charge in [0.15, 0.2) is 5.01 Å². The topological polar surface area (TPSA) is 97.4 Å². The maximum atomic E-state index is 13.0. The van der Waals surface area contributed by atoms with Gasteiger partial charge in [-0.1, -0.05) is 29.8 Å². The van der Waals surface area contributed by atoms with Crippen LogP contribution in [-0.4, -0.2) is 29.9 Å². The monoisotopic (exact) mass is 471 g/mol. The van der Waals surface area contributed by atoms with Crippen LogP contribution in [0.2, 0.25) is 5.02 Å². The summed E-state index contributed by atoms with van der Waals surface area (Å²) in [5.74, 6) is -1.50. The minimum absolute atomic E-state index is 0.139. The summed E-state index contributed by atoms with van der Waals surface area (Å²) in [7, 11) is 1.24. The predicted molar refractivity (Wildman–Crippen MR) is 123 cm³/mol. The molecule has 0 spiro atoms. The normalized spacial score (nSPS) is 10.6. The van der Waals surface area contributed by atoms with E-state index >= 15 is 0 Å². The summed E-state index contributed by atoms with van der Waals surface area (Å²) in [6.45, 7) is 0. The van der Waals surface area contributed by atoms with Crippen molar-refractivity contribution in [1.29, 1.82) is 0 Å². The number of nitrogens with zero attached hydrogens (tertiary/aromatic N) is 1. The highest BCUT2D eigenvalue weighted by molar-refractivity contribution is 7.21. The Balaban J connectivity index is 1.65. The second-order valence-corrected chi connectivity index (χ2v) is 8.56. The molecular formula is C21H14ClN3O4S2. The van der Waals surface area contributed by atoms with Crippen LogP contribution in [-0.2, 0) is 4.74 Å². The van der Waals surface area contributed by atoms with Gasteiger partial charge >= 0.3 is 5.97 Å². The van der Waals surface area contributed by atoms with E-state index < -0.39 is 17.8 Å². The largest absolute Gasteiger partial charge is 0.465 e. The number of hydrogen-bond donors (Lipinski definition) is 2. The van der Waals surface area contributed by atoms with Crippen molar-refractivity contribution in [3.63, 3.8) is 0 Å². The number of nitrogens with one attached hydrogen (secondary N) is 2. The molecular weight excluding hydrogens is 458 g/mol. The lowest BCUT2D eigenvalue weighted by molar-refractivity contribution is 0.0602. The number of amides is 2. The summed E-state index contributed by atoms with van der Waals surface area (Å²) in [5.41, 5.74) is 0.702. The Hall–Kier alpha value is -3.27. The molecule has 4 aromatic rings. The van der Waals surface area contributed by atoms with Gasteiger partial charge in [-0.3, -0.25) is 9.59 Å². The number of hydrogen-bond acceptors (Lipinski definition) is 7. The molecule has 0 fully saturated rings. The number of thiophene rings is 1. The lowest BCUT2D eigenvalue weighted by Gasteiger charge is -2.12. The van der Waals surface area contributed by atoms with Crippen molar-refractivity contribution in [2.24, 2.45) is 0 Å². The molecule has 2 heterocycles. The van der Waals surface area contributed by atoms with Crippen LogP contribution in [0.25, 0.3) is 10.1 Å². The maximum absolute atomic E-state index is 13.0. The van der Waals surface area contributed by atoms with Gasteiger partial charge < -0.3 is 15.4 Å². The van der Waals surface area contributed by atoms with E-state index in [1.54, 1.807) is 11.4 Å². The molecule has 0 unspecified atom stereocenters. The van der Waals surface area contributed by atoms with Crippen molar-refractivity contribution >= 4 is 73.5 Å². The lowest BCUT2D eigenvalue weighted by atomic mass is 10.1. The highest BCUT2D eigenvalue weighted by Gasteiger charge is 2.21. The van der Waals surface area contributed by atoms with Crippen molar-refractivity contribution in [2.45, 2.75) is 0 Å². The van der Waals surface area contributed by atoms with Gasteiger partial charge in [0.1, 0.15) is 4.88 Å². The fraction of sp³-hybridized carbons (Fsp3) is 0.0476. The molecule has 0 radical (unpaired) electrons. The molecule has 0 saturated carbocycles. The van der Waals surface area contributed by atoms with Crippen LogP contribution in [0, 0.1) is 0 Å². The smallest absolute Gasteiger partial charge is 0.339 e. The van der Waals surface area contributed by atoms with E-state index in [0.717, 1.165) is 10.1 Å². The Labute approximate surface area is 189 Å². The molecule has 0 atom stereocenters. The van der Waals surface area contributed by atoms with Crippen molar-refractivity contribution < 1.29 is 19.1 Å². The molecule has 0 aliphatic rings. The number of carbonyl (C=O) groups excluding carboxylic acids is 3. The van der Waals surface area contributed by atoms with Crippen LogP contribution in [0.5, 0.6) is 0 Å². The molecule has 0 aliphatic heterocycles. The minimum atomic E-state index is -0.629. The third-order valence-corrected chi connectivity index (χ3v) is 6.74. The van der Waals surface area contributed by atoms with Gasteiger partial charge in [0, 0.05) is 27.4 Å². The molecule has 156 valence electrons. The number of rotatable bonds is 5. The van der Waals surface area contributed by atoms with Crippen LogP contribution in [0.4, 0.5) is 11.4 Å². The number of methoxy groups -OCH3 is 1. The van der Waals surface area contributed by atoms with Gasteiger partial charge in [-0.25, -0.2) is 9.78 Å². The van der Waals surface area contributed by atoms with Crippen LogP contribution < -0.4 is 10.6 Å². The Morgan fingerprint density at radius 3 is 2.58 bits per heavy atom. The van der Waals surface area contributed by atoms with Gasteiger partial charge in [-0.05, 0) is 24.3 Å². The zero-order valence-electron chi connectivity index (χ0n) is 16.0. The molecule has 31 heavy (non-hydrogen) atoms. The van der Waals surface area contributed by atoms with Crippen molar-refractivity contribution in [3.8, 4) is 0 Å². The Morgan fingerprint density at radius 2 is 1.87 bits per heavy atom. The van der Waals surface area contributed by atoms with E-state index in [2.05, 4.69) is 15.6 Å². The van der Waals surface area contributed by atoms with Crippen molar-refractivity contribution in [3.05, 3.63) is 74.5 Å². The number of anilines is 2. The molecule has 10 heteroatoms. The van der Waals surface area contributed by atoms with E-state index in [9.17, 15) is 14.4 Å². The van der Waals surface area contributed by atoms with E-state index in [1.807, 2.05) is 24.3 Å². The Kier molecular flexibility index (Phi) is 5.99. The average Bonchev–Trinajstić information content (AvgIpc) is 3.42. The first-order chi connectivity index (χ1) is 15.0.